The molecule has 4 heterocycles. The number of halogens is 1. The van der Waals surface area contributed by atoms with Gasteiger partial charge in [-0.15, -0.1) is 0 Å². The molecule has 2 aromatic rings. The van der Waals surface area contributed by atoms with Crippen molar-refractivity contribution >= 4 is 32.7 Å². The second kappa shape index (κ2) is 8.41. The minimum Gasteiger partial charge on any atom is -0.373 e. The maximum atomic E-state index is 5.85. The first-order valence-corrected chi connectivity index (χ1v) is 10.9. The van der Waals surface area contributed by atoms with Crippen LogP contribution >= 0.6 is 15.9 Å². The summed E-state index contributed by atoms with van der Waals surface area (Å²) in [6, 6.07) is 4.16. The van der Waals surface area contributed by atoms with Crippen LogP contribution in [0.5, 0.6) is 0 Å². The zero-order chi connectivity index (χ0) is 18.8. The maximum absolute atomic E-state index is 5.85. The highest BCUT2D eigenvalue weighted by molar-refractivity contribution is 9.10. The molecular weight excluding hydrogens is 404 g/mol. The smallest absolute Gasteiger partial charge is 0.112 e. The molecule has 2 unspecified atom stereocenters. The Bertz CT molecular complexity index is 768. The van der Waals surface area contributed by atoms with Crippen molar-refractivity contribution in [3.8, 4) is 0 Å². The quantitative estimate of drug-likeness (QED) is 0.726. The first-order valence-electron chi connectivity index (χ1n) is 10.1. The molecule has 146 valence electrons. The topological polar surface area (TPSA) is 41.5 Å². The second-order valence-electron chi connectivity index (χ2n) is 8.09. The number of piperidine rings is 1. The van der Waals surface area contributed by atoms with E-state index in [0.717, 1.165) is 47.6 Å². The third-order valence-corrected chi connectivity index (χ3v) is 6.26. The monoisotopic (exact) mass is 432 g/mol. The zero-order valence-electron chi connectivity index (χ0n) is 16.3. The highest BCUT2D eigenvalue weighted by Crippen LogP contribution is 2.30. The summed E-state index contributed by atoms with van der Waals surface area (Å²) in [6.07, 6.45) is 8.32. The van der Waals surface area contributed by atoms with Gasteiger partial charge in [-0.1, -0.05) is 0 Å². The lowest BCUT2D eigenvalue weighted by Gasteiger charge is -2.37. The van der Waals surface area contributed by atoms with Gasteiger partial charge in [0.15, 0.2) is 0 Å². The summed E-state index contributed by atoms with van der Waals surface area (Å²) in [4.78, 5) is 14.2. The van der Waals surface area contributed by atoms with Gasteiger partial charge in [0.2, 0.25) is 0 Å². The fourth-order valence-corrected chi connectivity index (χ4v) is 4.86. The van der Waals surface area contributed by atoms with Crippen LogP contribution in [0, 0.1) is 5.92 Å². The van der Waals surface area contributed by atoms with Gasteiger partial charge in [0.05, 0.1) is 23.4 Å². The molecule has 0 radical (unpaired) electrons. The lowest BCUT2D eigenvalue weighted by Crippen LogP contribution is -2.46. The largest absolute Gasteiger partial charge is 0.373 e. The summed E-state index contributed by atoms with van der Waals surface area (Å²) in [7, 11) is 0. The molecule has 0 bridgehead atoms. The number of ether oxygens (including phenoxy) is 1. The fourth-order valence-electron chi connectivity index (χ4n) is 4.54. The third kappa shape index (κ3) is 4.61. The van der Waals surface area contributed by atoms with E-state index in [1.165, 1.54) is 31.5 Å². The number of aromatic nitrogens is 2. The van der Waals surface area contributed by atoms with E-state index in [0.29, 0.717) is 12.2 Å². The van der Waals surface area contributed by atoms with Crippen molar-refractivity contribution in [2.45, 2.75) is 45.3 Å². The number of hydrogen-bond acceptors (Lipinski definition) is 5. The van der Waals surface area contributed by atoms with E-state index in [1.807, 2.05) is 18.5 Å². The summed E-state index contributed by atoms with van der Waals surface area (Å²) in [5.74, 6) is 0.824. The number of anilines is 1. The average Bonchev–Trinajstić information content (AvgIpc) is 2.65. The highest BCUT2D eigenvalue weighted by atomic mass is 79.9. The van der Waals surface area contributed by atoms with Crippen LogP contribution in [0.15, 0.2) is 29.0 Å². The molecule has 2 aliphatic heterocycles. The maximum Gasteiger partial charge on any atom is 0.112 e. The van der Waals surface area contributed by atoms with Gasteiger partial charge in [-0.3, -0.25) is 14.9 Å². The molecule has 6 heteroatoms. The Labute approximate surface area is 170 Å². The van der Waals surface area contributed by atoms with Crippen molar-refractivity contribution in [1.82, 2.24) is 14.9 Å². The van der Waals surface area contributed by atoms with Crippen molar-refractivity contribution < 1.29 is 4.74 Å². The molecule has 4 rings (SSSR count). The van der Waals surface area contributed by atoms with Crippen LogP contribution in [0.3, 0.4) is 0 Å². The standard InChI is InChI=1S/C21H29BrN4O/c1-15-13-25(14-16(2)27-15)8-4-17-5-9-26(10-6-17)20-3-7-23-19-11-18(22)12-24-21(19)20/h3,7,11-12,15-17H,4-6,8-10,13-14H2,1-2H3. The van der Waals surface area contributed by atoms with Gasteiger partial charge in [-0.2, -0.15) is 0 Å². The number of pyridine rings is 2. The van der Waals surface area contributed by atoms with Crippen LogP contribution in [0.1, 0.15) is 33.1 Å². The summed E-state index contributed by atoms with van der Waals surface area (Å²) in [5.41, 5.74) is 3.19. The second-order valence-corrected chi connectivity index (χ2v) is 9.00. The van der Waals surface area contributed by atoms with E-state index < -0.39 is 0 Å². The van der Waals surface area contributed by atoms with E-state index in [1.54, 1.807) is 0 Å². The number of fused-ring (bicyclic) bond motifs is 1. The SMILES string of the molecule is CC1CN(CCC2CCN(c3ccnc4cc(Br)cnc34)CC2)CC(C)O1. The molecule has 2 aliphatic rings. The lowest BCUT2D eigenvalue weighted by molar-refractivity contribution is -0.0690. The van der Waals surface area contributed by atoms with E-state index >= 15 is 0 Å². The van der Waals surface area contributed by atoms with Crippen molar-refractivity contribution in [3.63, 3.8) is 0 Å². The van der Waals surface area contributed by atoms with Crippen LogP contribution in [0.2, 0.25) is 0 Å². The predicted molar refractivity (Wildman–Crippen MR) is 113 cm³/mol. The molecule has 0 aliphatic carbocycles. The molecule has 2 saturated heterocycles. The predicted octanol–water partition coefficient (Wildman–Crippen LogP) is 4.11. The molecule has 5 nitrogen and oxygen atoms in total. The van der Waals surface area contributed by atoms with Crippen LogP contribution in [-0.2, 0) is 4.74 Å². The van der Waals surface area contributed by atoms with Crippen molar-refractivity contribution in [3.05, 3.63) is 29.0 Å². The fraction of sp³-hybridized carbons (Fsp3) is 0.619. The number of morpholine rings is 1. The molecule has 0 saturated carbocycles. The van der Waals surface area contributed by atoms with E-state index in [4.69, 9.17) is 4.74 Å². The first kappa shape index (κ1) is 19.1. The van der Waals surface area contributed by atoms with Gasteiger partial charge in [-0.05, 0) is 73.6 Å². The van der Waals surface area contributed by atoms with Gasteiger partial charge in [0.25, 0.3) is 0 Å². The van der Waals surface area contributed by atoms with E-state index in [2.05, 4.69) is 55.6 Å². The minimum absolute atomic E-state index is 0.364. The Hall–Kier alpha value is -1.24. The van der Waals surface area contributed by atoms with E-state index in [9.17, 15) is 0 Å². The Morgan fingerprint density at radius 1 is 1.15 bits per heavy atom. The molecule has 0 N–H and O–H groups in total. The first-order chi connectivity index (χ1) is 13.1. The number of nitrogens with zero attached hydrogens (tertiary/aromatic N) is 4. The molecule has 2 aromatic heterocycles. The van der Waals surface area contributed by atoms with Crippen LogP contribution < -0.4 is 4.90 Å². The molecular formula is C21H29BrN4O. The van der Waals surface area contributed by atoms with Crippen molar-refractivity contribution in [1.29, 1.82) is 0 Å². The Morgan fingerprint density at radius 3 is 2.63 bits per heavy atom. The number of rotatable bonds is 4. The molecule has 27 heavy (non-hydrogen) atoms. The Morgan fingerprint density at radius 2 is 1.89 bits per heavy atom. The van der Waals surface area contributed by atoms with Crippen molar-refractivity contribution in [2.24, 2.45) is 5.92 Å². The molecule has 0 amide bonds. The van der Waals surface area contributed by atoms with Crippen LogP contribution in [0.25, 0.3) is 11.0 Å². The average molecular weight is 433 g/mol. The van der Waals surface area contributed by atoms with Gasteiger partial charge < -0.3 is 9.64 Å². The normalized spacial score (nSPS) is 25.2. The van der Waals surface area contributed by atoms with Crippen molar-refractivity contribution in [2.75, 3.05) is 37.6 Å². The van der Waals surface area contributed by atoms with Gasteiger partial charge in [-0.25, -0.2) is 0 Å². The molecule has 0 spiro atoms. The van der Waals surface area contributed by atoms with Gasteiger partial charge in [0.1, 0.15) is 5.52 Å². The summed E-state index contributed by atoms with van der Waals surface area (Å²) >= 11 is 3.49. The summed E-state index contributed by atoms with van der Waals surface area (Å²) < 4.78 is 6.83. The van der Waals surface area contributed by atoms with Crippen LogP contribution in [-0.4, -0.2) is 59.8 Å². The van der Waals surface area contributed by atoms with Crippen LogP contribution in [0.4, 0.5) is 5.69 Å². The number of hydrogen-bond donors (Lipinski definition) is 0. The van der Waals surface area contributed by atoms with Gasteiger partial charge >= 0.3 is 0 Å². The molecule has 2 atom stereocenters. The Balaban J connectivity index is 1.33. The van der Waals surface area contributed by atoms with E-state index in [-0.39, 0.29) is 0 Å². The summed E-state index contributed by atoms with van der Waals surface area (Å²) in [6.45, 7) is 9.95. The summed E-state index contributed by atoms with van der Waals surface area (Å²) in [5, 5.41) is 0. The lowest BCUT2D eigenvalue weighted by atomic mass is 9.92. The van der Waals surface area contributed by atoms with Gasteiger partial charge in [0, 0.05) is 43.0 Å². The molecule has 0 aromatic carbocycles. The molecule has 2 fully saturated rings. The zero-order valence-corrected chi connectivity index (χ0v) is 17.9. The third-order valence-electron chi connectivity index (χ3n) is 5.83. The minimum atomic E-state index is 0.364. The Kier molecular flexibility index (Phi) is 5.95. The highest BCUT2D eigenvalue weighted by Gasteiger charge is 2.25.